The molecule has 0 bridgehead atoms. The van der Waals surface area contributed by atoms with Crippen molar-refractivity contribution in [1.29, 1.82) is 0 Å². The lowest BCUT2D eigenvalue weighted by molar-refractivity contribution is -0.125. The van der Waals surface area contributed by atoms with E-state index in [1.165, 1.54) is 7.11 Å². The number of carbonyl (C=O) groups excluding carboxylic acids is 1. The highest BCUT2D eigenvalue weighted by Gasteiger charge is 2.10. The Bertz CT molecular complexity index is 390. The lowest BCUT2D eigenvalue weighted by Gasteiger charge is -2.15. The Morgan fingerprint density at radius 1 is 1.41 bits per heavy atom. The molecule has 17 heavy (non-hydrogen) atoms. The van der Waals surface area contributed by atoms with Crippen molar-refractivity contribution >= 4 is 5.91 Å². The maximum absolute atomic E-state index is 11.4. The molecule has 4 heteroatoms. The third-order valence-electron chi connectivity index (χ3n) is 2.59. The van der Waals surface area contributed by atoms with Gasteiger partial charge in [0.05, 0.1) is 13.2 Å². The van der Waals surface area contributed by atoms with Crippen LogP contribution in [-0.4, -0.2) is 26.7 Å². The Kier molecular flexibility index (Phi) is 4.97. The summed E-state index contributed by atoms with van der Waals surface area (Å²) in [5.41, 5.74) is 2.09. The Morgan fingerprint density at radius 3 is 2.71 bits per heavy atom. The van der Waals surface area contributed by atoms with Crippen molar-refractivity contribution < 1.29 is 14.3 Å². The molecule has 1 aromatic rings. The van der Waals surface area contributed by atoms with Crippen LogP contribution in [0.4, 0.5) is 0 Å². The molecular weight excluding hydrogens is 218 g/mol. The molecule has 1 rings (SSSR count). The number of aryl methyl sites for hydroxylation is 1. The molecule has 1 aromatic carbocycles. The first-order valence-corrected chi connectivity index (χ1v) is 5.51. The van der Waals surface area contributed by atoms with Gasteiger partial charge in [-0.25, -0.2) is 0 Å². The van der Waals surface area contributed by atoms with Gasteiger partial charge in [-0.1, -0.05) is 12.1 Å². The van der Waals surface area contributed by atoms with E-state index in [2.05, 4.69) is 5.32 Å². The highest BCUT2D eigenvalue weighted by molar-refractivity contribution is 5.77. The summed E-state index contributed by atoms with van der Waals surface area (Å²) in [6.45, 7) is 3.99. The second-order valence-electron chi connectivity index (χ2n) is 3.95. The zero-order valence-corrected chi connectivity index (χ0v) is 10.7. The van der Waals surface area contributed by atoms with Crippen LogP contribution < -0.4 is 10.1 Å². The first kappa shape index (κ1) is 13.5. The van der Waals surface area contributed by atoms with E-state index >= 15 is 0 Å². The average Bonchev–Trinajstić information content (AvgIpc) is 2.29. The number of rotatable bonds is 5. The van der Waals surface area contributed by atoms with Gasteiger partial charge in [0.2, 0.25) is 5.91 Å². The van der Waals surface area contributed by atoms with Gasteiger partial charge in [0, 0.05) is 7.11 Å². The van der Waals surface area contributed by atoms with E-state index in [1.54, 1.807) is 7.11 Å². The molecule has 0 aromatic heterocycles. The van der Waals surface area contributed by atoms with Gasteiger partial charge >= 0.3 is 0 Å². The molecule has 0 aliphatic heterocycles. The monoisotopic (exact) mass is 237 g/mol. The van der Waals surface area contributed by atoms with Gasteiger partial charge in [0.1, 0.15) is 12.4 Å². The van der Waals surface area contributed by atoms with E-state index in [0.29, 0.717) is 0 Å². The maximum Gasteiger partial charge on any atom is 0.246 e. The minimum absolute atomic E-state index is 0.0628. The highest BCUT2D eigenvalue weighted by Crippen LogP contribution is 2.22. The number of methoxy groups -OCH3 is 2. The summed E-state index contributed by atoms with van der Waals surface area (Å²) >= 11 is 0. The summed E-state index contributed by atoms with van der Waals surface area (Å²) in [7, 11) is 3.14. The molecule has 0 radical (unpaired) electrons. The average molecular weight is 237 g/mol. The molecule has 0 aliphatic rings. The van der Waals surface area contributed by atoms with Crippen molar-refractivity contribution in [2.75, 3.05) is 20.8 Å². The van der Waals surface area contributed by atoms with Gasteiger partial charge in [-0.05, 0) is 31.0 Å². The standard InChI is InChI=1S/C13H19NO3/c1-9-5-6-11(7-12(9)17-4)10(2)14-13(15)8-16-3/h5-7,10H,8H2,1-4H3,(H,14,15)/t10-/m1/s1. The fourth-order valence-corrected chi connectivity index (χ4v) is 1.60. The van der Waals surface area contributed by atoms with Crippen LogP contribution in [0.3, 0.4) is 0 Å². The van der Waals surface area contributed by atoms with Crippen molar-refractivity contribution in [3.8, 4) is 5.75 Å². The third-order valence-corrected chi connectivity index (χ3v) is 2.59. The molecule has 0 saturated heterocycles. The van der Waals surface area contributed by atoms with Crippen LogP contribution in [0, 0.1) is 6.92 Å². The quantitative estimate of drug-likeness (QED) is 0.849. The normalized spacial score (nSPS) is 12.0. The van der Waals surface area contributed by atoms with Gasteiger partial charge in [-0.2, -0.15) is 0 Å². The van der Waals surface area contributed by atoms with Gasteiger partial charge in [-0.15, -0.1) is 0 Å². The number of carbonyl (C=O) groups is 1. The number of hydrogen-bond acceptors (Lipinski definition) is 3. The minimum Gasteiger partial charge on any atom is -0.496 e. The summed E-state index contributed by atoms with van der Waals surface area (Å²) in [6, 6.07) is 5.84. The largest absolute Gasteiger partial charge is 0.496 e. The van der Waals surface area contributed by atoms with Crippen LogP contribution in [0.15, 0.2) is 18.2 Å². The van der Waals surface area contributed by atoms with E-state index in [1.807, 2.05) is 32.0 Å². The first-order valence-electron chi connectivity index (χ1n) is 5.51. The molecule has 0 spiro atoms. The number of ether oxygens (including phenoxy) is 2. The van der Waals surface area contributed by atoms with E-state index in [4.69, 9.17) is 9.47 Å². The second kappa shape index (κ2) is 6.25. The number of hydrogen-bond donors (Lipinski definition) is 1. The van der Waals surface area contributed by atoms with Crippen LogP contribution in [0.2, 0.25) is 0 Å². The Balaban J connectivity index is 2.75. The van der Waals surface area contributed by atoms with E-state index in [-0.39, 0.29) is 18.6 Å². The van der Waals surface area contributed by atoms with Crippen LogP contribution in [0.5, 0.6) is 5.75 Å². The summed E-state index contributed by atoms with van der Waals surface area (Å²) in [5, 5.41) is 2.85. The topological polar surface area (TPSA) is 47.6 Å². The smallest absolute Gasteiger partial charge is 0.246 e. The number of benzene rings is 1. The van der Waals surface area contributed by atoms with Crippen molar-refractivity contribution in [3.05, 3.63) is 29.3 Å². The van der Waals surface area contributed by atoms with Crippen LogP contribution >= 0.6 is 0 Å². The maximum atomic E-state index is 11.4. The van der Waals surface area contributed by atoms with Crippen LogP contribution in [0.25, 0.3) is 0 Å². The summed E-state index contributed by atoms with van der Waals surface area (Å²) in [4.78, 5) is 11.4. The van der Waals surface area contributed by atoms with Crippen molar-refractivity contribution in [2.45, 2.75) is 19.9 Å². The molecule has 94 valence electrons. The molecule has 1 amide bonds. The molecule has 0 fully saturated rings. The first-order chi connectivity index (χ1) is 8.08. The summed E-state index contributed by atoms with van der Waals surface area (Å²) in [6.07, 6.45) is 0. The Labute approximate surface area is 102 Å². The summed E-state index contributed by atoms with van der Waals surface area (Å²) < 4.78 is 10.0. The molecule has 0 saturated carbocycles. The fraction of sp³-hybridized carbons (Fsp3) is 0.462. The van der Waals surface area contributed by atoms with Crippen LogP contribution in [0.1, 0.15) is 24.1 Å². The predicted molar refractivity (Wildman–Crippen MR) is 66.2 cm³/mol. The number of amides is 1. The number of nitrogens with one attached hydrogen (secondary N) is 1. The van der Waals surface area contributed by atoms with Gasteiger partial charge in [0.25, 0.3) is 0 Å². The predicted octanol–water partition coefficient (Wildman–Crippen LogP) is 1.83. The van der Waals surface area contributed by atoms with E-state index < -0.39 is 0 Å². The van der Waals surface area contributed by atoms with Gasteiger partial charge in [-0.3, -0.25) is 4.79 Å². The highest BCUT2D eigenvalue weighted by atomic mass is 16.5. The summed E-state index contributed by atoms with van der Waals surface area (Å²) in [5.74, 6) is 0.704. The van der Waals surface area contributed by atoms with Gasteiger partial charge < -0.3 is 14.8 Å². The van der Waals surface area contributed by atoms with E-state index in [0.717, 1.165) is 16.9 Å². The molecular formula is C13H19NO3. The molecule has 4 nitrogen and oxygen atoms in total. The zero-order valence-electron chi connectivity index (χ0n) is 10.7. The third kappa shape index (κ3) is 3.75. The zero-order chi connectivity index (χ0) is 12.8. The molecule has 0 unspecified atom stereocenters. The fourth-order valence-electron chi connectivity index (χ4n) is 1.60. The Hall–Kier alpha value is -1.55. The Morgan fingerprint density at radius 2 is 2.12 bits per heavy atom. The van der Waals surface area contributed by atoms with Crippen molar-refractivity contribution in [1.82, 2.24) is 5.32 Å². The lowest BCUT2D eigenvalue weighted by atomic mass is 10.1. The lowest BCUT2D eigenvalue weighted by Crippen LogP contribution is -2.29. The SMILES string of the molecule is COCC(=O)N[C@H](C)c1ccc(C)c(OC)c1. The van der Waals surface area contributed by atoms with Crippen molar-refractivity contribution in [3.63, 3.8) is 0 Å². The molecule has 0 aliphatic carbocycles. The molecule has 1 N–H and O–H groups in total. The van der Waals surface area contributed by atoms with E-state index in [9.17, 15) is 4.79 Å². The van der Waals surface area contributed by atoms with Crippen molar-refractivity contribution in [2.24, 2.45) is 0 Å². The van der Waals surface area contributed by atoms with Crippen LogP contribution in [-0.2, 0) is 9.53 Å². The van der Waals surface area contributed by atoms with Gasteiger partial charge in [0.15, 0.2) is 0 Å². The minimum atomic E-state index is -0.125. The molecule has 0 heterocycles. The molecule has 1 atom stereocenters. The second-order valence-corrected chi connectivity index (χ2v) is 3.95.